The van der Waals surface area contributed by atoms with Crippen LogP contribution in [0, 0.1) is 11.7 Å². The summed E-state index contributed by atoms with van der Waals surface area (Å²) in [5.74, 6) is -2.06. The van der Waals surface area contributed by atoms with Crippen molar-refractivity contribution in [2.45, 2.75) is 44.9 Å². The number of ether oxygens (including phenoxy) is 1. The number of carbonyl (C=O) groups excluding carboxylic acids is 1. The molecule has 5 nitrogen and oxygen atoms in total. The first-order valence-corrected chi connectivity index (χ1v) is 7.81. The molecule has 23 heavy (non-hydrogen) atoms. The van der Waals surface area contributed by atoms with Crippen molar-refractivity contribution in [3.05, 3.63) is 34.6 Å². The fraction of sp³-hybridized carbons (Fsp3) is 0.500. The van der Waals surface area contributed by atoms with Crippen LogP contribution < -0.4 is 5.32 Å². The van der Waals surface area contributed by atoms with Crippen molar-refractivity contribution in [3.8, 4) is 0 Å². The number of halogens is 2. The van der Waals surface area contributed by atoms with E-state index in [4.69, 9.17) is 21.4 Å². The van der Waals surface area contributed by atoms with Gasteiger partial charge in [0.25, 0.3) is 0 Å². The number of carboxylic acids is 1. The second-order valence-corrected chi connectivity index (χ2v) is 6.36. The maximum absolute atomic E-state index is 14.1. The summed E-state index contributed by atoms with van der Waals surface area (Å²) >= 11 is 5.75. The van der Waals surface area contributed by atoms with Gasteiger partial charge in [-0.25, -0.2) is 9.18 Å². The van der Waals surface area contributed by atoms with Crippen LogP contribution in [0.4, 0.5) is 4.39 Å². The molecule has 0 aliphatic carbocycles. The second kappa shape index (κ2) is 7.27. The summed E-state index contributed by atoms with van der Waals surface area (Å²) in [5.41, 5.74) is 0.338. The Balaban J connectivity index is 2.11. The van der Waals surface area contributed by atoms with E-state index >= 15 is 0 Å². The number of hydrogen-bond donors (Lipinski definition) is 2. The first kappa shape index (κ1) is 17.7. The summed E-state index contributed by atoms with van der Waals surface area (Å²) in [4.78, 5) is 23.2. The molecule has 1 aromatic rings. The smallest absolute Gasteiger partial charge is 0.332 e. The van der Waals surface area contributed by atoms with Crippen molar-refractivity contribution in [3.63, 3.8) is 0 Å². The third-order valence-corrected chi connectivity index (χ3v) is 4.08. The Morgan fingerprint density at radius 2 is 2.00 bits per heavy atom. The van der Waals surface area contributed by atoms with Gasteiger partial charge < -0.3 is 15.2 Å². The maximum Gasteiger partial charge on any atom is 0.332 e. The van der Waals surface area contributed by atoms with Gasteiger partial charge in [0.15, 0.2) is 6.10 Å². The monoisotopic (exact) mass is 343 g/mol. The van der Waals surface area contributed by atoms with Gasteiger partial charge in [-0.05, 0) is 30.9 Å². The van der Waals surface area contributed by atoms with Gasteiger partial charge in [0.2, 0.25) is 5.91 Å². The van der Waals surface area contributed by atoms with Gasteiger partial charge in [-0.15, -0.1) is 0 Å². The SMILES string of the molecule is CC(C)C(NC(=O)[C@@H]1CC[C@H](C(=O)O)O1)c1ccc(Cl)cc1F. The van der Waals surface area contributed by atoms with Gasteiger partial charge in [0.1, 0.15) is 11.9 Å². The van der Waals surface area contributed by atoms with E-state index in [2.05, 4.69) is 5.32 Å². The van der Waals surface area contributed by atoms with Crippen molar-refractivity contribution >= 4 is 23.5 Å². The molecule has 1 amide bonds. The van der Waals surface area contributed by atoms with Gasteiger partial charge in [-0.2, -0.15) is 0 Å². The fourth-order valence-electron chi connectivity index (χ4n) is 2.62. The van der Waals surface area contributed by atoms with Crippen molar-refractivity contribution in [1.29, 1.82) is 0 Å². The van der Waals surface area contributed by atoms with Crippen LogP contribution in [-0.2, 0) is 14.3 Å². The van der Waals surface area contributed by atoms with Crippen LogP contribution in [0.1, 0.15) is 38.3 Å². The average Bonchev–Trinajstić information content (AvgIpc) is 2.95. The lowest BCUT2D eigenvalue weighted by Gasteiger charge is -2.25. The minimum atomic E-state index is -1.08. The van der Waals surface area contributed by atoms with E-state index in [1.807, 2.05) is 13.8 Å². The lowest BCUT2D eigenvalue weighted by atomic mass is 9.95. The molecule has 0 spiro atoms. The highest BCUT2D eigenvalue weighted by atomic mass is 35.5. The number of carbonyl (C=O) groups is 2. The van der Waals surface area contributed by atoms with Crippen LogP contribution in [0.5, 0.6) is 0 Å². The Morgan fingerprint density at radius 1 is 1.35 bits per heavy atom. The number of rotatable bonds is 5. The highest BCUT2D eigenvalue weighted by Gasteiger charge is 2.36. The van der Waals surface area contributed by atoms with E-state index in [0.717, 1.165) is 0 Å². The molecule has 1 heterocycles. The third kappa shape index (κ3) is 4.20. The molecule has 0 bridgehead atoms. The number of hydrogen-bond acceptors (Lipinski definition) is 3. The minimum absolute atomic E-state index is 0.0636. The van der Waals surface area contributed by atoms with E-state index in [9.17, 15) is 14.0 Å². The molecule has 1 unspecified atom stereocenters. The average molecular weight is 344 g/mol. The largest absolute Gasteiger partial charge is 0.479 e. The molecular weight excluding hydrogens is 325 g/mol. The maximum atomic E-state index is 14.1. The van der Waals surface area contributed by atoms with E-state index in [1.165, 1.54) is 12.1 Å². The van der Waals surface area contributed by atoms with Crippen molar-refractivity contribution in [2.24, 2.45) is 5.92 Å². The lowest BCUT2D eigenvalue weighted by molar-refractivity contribution is -0.152. The van der Waals surface area contributed by atoms with E-state index < -0.39 is 35.9 Å². The van der Waals surface area contributed by atoms with Gasteiger partial charge >= 0.3 is 5.97 Å². The summed E-state index contributed by atoms with van der Waals surface area (Å²) < 4.78 is 19.3. The molecule has 0 radical (unpaired) electrons. The van der Waals surface area contributed by atoms with Crippen molar-refractivity contribution in [1.82, 2.24) is 5.32 Å². The third-order valence-electron chi connectivity index (χ3n) is 3.85. The van der Waals surface area contributed by atoms with Crippen LogP contribution in [0.2, 0.25) is 5.02 Å². The normalized spacial score (nSPS) is 22.1. The van der Waals surface area contributed by atoms with Gasteiger partial charge in [-0.3, -0.25) is 4.79 Å². The van der Waals surface area contributed by atoms with Gasteiger partial charge in [0, 0.05) is 10.6 Å². The molecule has 1 aliphatic rings. The van der Waals surface area contributed by atoms with Crippen LogP contribution in [0.3, 0.4) is 0 Å². The zero-order valence-electron chi connectivity index (χ0n) is 12.9. The van der Waals surface area contributed by atoms with E-state index in [0.29, 0.717) is 12.0 Å². The Hall–Kier alpha value is -1.66. The second-order valence-electron chi connectivity index (χ2n) is 5.93. The molecule has 2 rings (SSSR count). The summed E-state index contributed by atoms with van der Waals surface area (Å²) in [5, 5.41) is 11.9. The molecule has 126 valence electrons. The minimum Gasteiger partial charge on any atom is -0.479 e. The number of nitrogens with one attached hydrogen (secondary N) is 1. The molecule has 1 saturated heterocycles. The Kier molecular flexibility index (Phi) is 5.59. The standard InChI is InChI=1S/C16H19ClFNO4/c1-8(2)14(10-4-3-9(17)7-11(10)18)19-15(20)12-5-6-13(23-12)16(21)22/h3-4,7-8,12-14H,5-6H2,1-2H3,(H,19,20)(H,21,22)/t12-,13+,14?/m0/s1. The van der Waals surface area contributed by atoms with E-state index in [1.54, 1.807) is 6.07 Å². The Labute approximate surface area is 138 Å². The Morgan fingerprint density at radius 3 is 2.52 bits per heavy atom. The number of carboxylic acid groups (broad SMARTS) is 1. The lowest BCUT2D eigenvalue weighted by Crippen LogP contribution is -2.39. The molecule has 0 aromatic heterocycles. The zero-order chi connectivity index (χ0) is 17.1. The summed E-state index contributed by atoms with van der Waals surface area (Å²) in [7, 11) is 0. The fourth-order valence-corrected chi connectivity index (χ4v) is 2.77. The first-order valence-electron chi connectivity index (χ1n) is 7.43. The summed E-state index contributed by atoms with van der Waals surface area (Å²) in [6.07, 6.45) is -1.17. The molecule has 1 fully saturated rings. The molecule has 2 N–H and O–H groups in total. The number of benzene rings is 1. The van der Waals surface area contributed by atoms with Crippen LogP contribution >= 0.6 is 11.6 Å². The first-order chi connectivity index (χ1) is 10.8. The van der Waals surface area contributed by atoms with Crippen LogP contribution in [-0.4, -0.2) is 29.2 Å². The topological polar surface area (TPSA) is 75.6 Å². The Bertz CT molecular complexity index is 608. The van der Waals surface area contributed by atoms with Crippen molar-refractivity contribution < 1.29 is 23.8 Å². The number of amides is 1. The van der Waals surface area contributed by atoms with Gasteiger partial charge in [-0.1, -0.05) is 31.5 Å². The molecule has 1 aromatic carbocycles. The summed E-state index contributed by atoms with van der Waals surface area (Å²) in [6.45, 7) is 3.71. The highest BCUT2D eigenvalue weighted by molar-refractivity contribution is 6.30. The highest BCUT2D eigenvalue weighted by Crippen LogP contribution is 2.28. The molecule has 7 heteroatoms. The zero-order valence-corrected chi connectivity index (χ0v) is 13.6. The molecule has 3 atom stereocenters. The van der Waals surface area contributed by atoms with Crippen LogP contribution in [0.15, 0.2) is 18.2 Å². The van der Waals surface area contributed by atoms with Gasteiger partial charge in [0.05, 0.1) is 6.04 Å². The van der Waals surface area contributed by atoms with Crippen LogP contribution in [0.25, 0.3) is 0 Å². The number of aliphatic carboxylic acids is 1. The molecular formula is C16H19ClFNO4. The summed E-state index contributed by atoms with van der Waals surface area (Å²) in [6, 6.07) is 3.75. The molecule has 1 aliphatic heterocycles. The molecule has 0 saturated carbocycles. The predicted octanol–water partition coefficient (Wildman–Crippen LogP) is 2.92. The predicted molar refractivity (Wildman–Crippen MR) is 82.7 cm³/mol. The van der Waals surface area contributed by atoms with E-state index in [-0.39, 0.29) is 17.4 Å². The van der Waals surface area contributed by atoms with Crippen molar-refractivity contribution in [2.75, 3.05) is 0 Å². The quantitative estimate of drug-likeness (QED) is 0.862.